The van der Waals surface area contributed by atoms with Gasteiger partial charge in [-0.2, -0.15) is 0 Å². The van der Waals surface area contributed by atoms with E-state index < -0.39 is 5.97 Å². The van der Waals surface area contributed by atoms with Crippen LogP contribution in [-0.4, -0.2) is 28.6 Å². The number of rotatable bonds is 8. The molecule has 0 atom stereocenters. The van der Waals surface area contributed by atoms with Crippen molar-refractivity contribution in [3.8, 4) is 0 Å². The molecule has 2 rings (SSSR count). The topological polar surface area (TPSA) is 69.6 Å². The molecule has 0 saturated carbocycles. The van der Waals surface area contributed by atoms with Crippen molar-refractivity contribution in [1.82, 2.24) is 10.2 Å². The molecule has 2 aromatic carbocycles. The molecule has 5 nitrogen and oxygen atoms in total. The number of hydrogen-bond acceptors (Lipinski definition) is 2. The van der Waals surface area contributed by atoms with Gasteiger partial charge < -0.3 is 15.3 Å². The number of carboxylic acids is 1. The van der Waals surface area contributed by atoms with Crippen LogP contribution >= 0.6 is 0 Å². The van der Waals surface area contributed by atoms with E-state index >= 15 is 0 Å². The van der Waals surface area contributed by atoms with Crippen LogP contribution in [0.1, 0.15) is 29.5 Å². The van der Waals surface area contributed by atoms with E-state index in [0.29, 0.717) is 26.1 Å². The first-order valence-electron chi connectivity index (χ1n) is 8.39. The highest BCUT2D eigenvalue weighted by molar-refractivity contribution is 5.74. The van der Waals surface area contributed by atoms with Gasteiger partial charge in [0.2, 0.25) is 0 Å². The zero-order valence-electron chi connectivity index (χ0n) is 14.4. The molecular formula is C20H24N2O3. The van der Waals surface area contributed by atoms with Crippen LogP contribution in [0.2, 0.25) is 0 Å². The van der Waals surface area contributed by atoms with E-state index in [9.17, 15) is 9.59 Å². The number of aliphatic carboxylic acids is 1. The number of amides is 2. The third-order valence-corrected chi connectivity index (χ3v) is 3.97. The van der Waals surface area contributed by atoms with Crippen molar-refractivity contribution in [2.45, 2.75) is 32.9 Å². The normalized spacial score (nSPS) is 10.3. The van der Waals surface area contributed by atoms with Crippen LogP contribution in [0.25, 0.3) is 0 Å². The summed E-state index contributed by atoms with van der Waals surface area (Å²) in [6.07, 6.45) is 0.474. The maximum Gasteiger partial charge on any atom is 0.318 e. The Balaban J connectivity index is 2.04. The minimum Gasteiger partial charge on any atom is -0.481 e. The average Bonchev–Trinajstić information content (AvgIpc) is 2.60. The molecule has 0 aliphatic heterocycles. The van der Waals surface area contributed by atoms with Crippen molar-refractivity contribution in [3.05, 3.63) is 71.3 Å². The van der Waals surface area contributed by atoms with Crippen molar-refractivity contribution in [3.63, 3.8) is 0 Å². The molecule has 0 aromatic heterocycles. The molecule has 2 aromatic rings. The Labute approximate surface area is 148 Å². The molecular weight excluding hydrogens is 316 g/mol. The largest absolute Gasteiger partial charge is 0.481 e. The maximum absolute atomic E-state index is 12.6. The van der Waals surface area contributed by atoms with Gasteiger partial charge in [-0.05, 0) is 30.0 Å². The summed E-state index contributed by atoms with van der Waals surface area (Å²) in [6, 6.07) is 17.6. The molecule has 0 unspecified atom stereocenters. The molecule has 0 saturated heterocycles. The summed E-state index contributed by atoms with van der Waals surface area (Å²) in [4.78, 5) is 24.9. The van der Waals surface area contributed by atoms with Crippen LogP contribution in [0.5, 0.6) is 0 Å². The fourth-order valence-electron chi connectivity index (χ4n) is 2.54. The minimum atomic E-state index is -0.852. The zero-order chi connectivity index (χ0) is 18.1. The first kappa shape index (κ1) is 18.5. The van der Waals surface area contributed by atoms with Gasteiger partial charge in [-0.25, -0.2) is 4.79 Å². The van der Waals surface area contributed by atoms with Gasteiger partial charge in [0.1, 0.15) is 0 Å². The number of hydrogen-bond donors (Lipinski definition) is 2. The van der Waals surface area contributed by atoms with Gasteiger partial charge in [0.15, 0.2) is 0 Å². The molecule has 0 radical (unpaired) electrons. The molecule has 0 aliphatic carbocycles. The summed E-state index contributed by atoms with van der Waals surface area (Å²) in [5.74, 6) is -0.852. The molecule has 2 N–H and O–H groups in total. The van der Waals surface area contributed by atoms with E-state index in [1.54, 1.807) is 4.90 Å². The van der Waals surface area contributed by atoms with E-state index in [-0.39, 0.29) is 12.5 Å². The molecule has 0 bridgehead atoms. The summed E-state index contributed by atoms with van der Waals surface area (Å²) in [5.41, 5.74) is 3.29. The first-order valence-corrected chi connectivity index (χ1v) is 8.39. The summed E-state index contributed by atoms with van der Waals surface area (Å²) in [5, 5.41) is 11.5. The van der Waals surface area contributed by atoms with Crippen molar-refractivity contribution in [2.24, 2.45) is 0 Å². The number of urea groups is 1. The first-order chi connectivity index (χ1) is 12.1. The fraction of sp³-hybridized carbons (Fsp3) is 0.300. The number of aryl methyl sites for hydroxylation is 1. The molecule has 5 heteroatoms. The maximum atomic E-state index is 12.6. The molecule has 0 heterocycles. The van der Waals surface area contributed by atoms with Crippen LogP contribution in [0.4, 0.5) is 4.79 Å². The Morgan fingerprint density at radius 1 is 1.00 bits per heavy atom. The lowest BCUT2D eigenvalue weighted by Crippen LogP contribution is -2.39. The van der Waals surface area contributed by atoms with Crippen LogP contribution in [0.3, 0.4) is 0 Å². The Morgan fingerprint density at radius 2 is 1.68 bits per heavy atom. The number of benzene rings is 2. The molecule has 2 amide bonds. The van der Waals surface area contributed by atoms with E-state index in [1.807, 2.05) is 61.5 Å². The number of nitrogens with one attached hydrogen (secondary N) is 1. The molecule has 0 spiro atoms. The minimum absolute atomic E-state index is 0.0523. The number of carbonyl (C=O) groups is 2. The van der Waals surface area contributed by atoms with Crippen molar-refractivity contribution in [1.29, 1.82) is 0 Å². The van der Waals surface area contributed by atoms with Gasteiger partial charge in [0.05, 0.1) is 0 Å². The Morgan fingerprint density at radius 3 is 2.36 bits per heavy atom. The SMILES string of the molecule is Cc1ccccc1CN(Cc1ccccc1)C(=O)NCCCC(=O)O. The lowest BCUT2D eigenvalue weighted by Gasteiger charge is -2.24. The standard InChI is InChI=1S/C20H24N2O3/c1-16-8-5-6-11-18(16)15-22(14-17-9-3-2-4-10-17)20(25)21-13-7-12-19(23)24/h2-6,8-11H,7,12-15H2,1H3,(H,21,25)(H,23,24). The van der Waals surface area contributed by atoms with E-state index in [4.69, 9.17) is 5.11 Å². The van der Waals surface area contributed by atoms with Crippen molar-refractivity contribution >= 4 is 12.0 Å². The van der Waals surface area contributed by atoms with E-state index in [1.165, 1.54) is 0 Å². The van der Waals surface area contributed by atoms with Gasteiger partial charge in [0.25, 0.3) is 0 Å². The highest BCUT2D eigenvalue weighted by Gasteiger charge is 2.15. The number of nitrogens with zero attached hydrogens (tertiary/aromatic N) is 1. The number of carbonyl (C=O) groups excluding carboxylic acids is 1. The van der Waals surface area contributed by atoms with Crippen molar-refractivity contribution in [2.75, 3.05) is 6.54 Å². The van der Waals surface area contributed by atoms with Crippen LogP contribution < -0.4 is 5.32 Å². The highest BCUT2D eigenvalue weighted by atomic mass is 16.4. The van der Waals surface area contributed by atoms with Crippen molar-refractivity contribution < 1.29 is 14.7 Å². The second-order valence-corrected chi connectivity index (χ2v) is 6.00. The summed E-state index contributed by atoms with van der Waals surface area (Å²) < 4.78 is 0. The van der Waals surface area contributed by atoms with Gasteiger partial charge in [-0.3, -0.25) is 4.79 Å². The van der Waals surface area contributed by atoms with Gasteiger partial charge in [0, 0.05) is 26.1 Å². The van der Waals surface area contributed by atoms with Gasteiger partial charge in [-0.1, -0.05) is 54.6 Å². The van der Waals surface area contributed by atoms with Crippen LogP contribution in [-0.2, 0) is 17.9 Å². The monoisotopic (exact) mass is 340 g/mol. The Kier molecular flexibility index (Phi) is 7.01. The zero-order valence-corrected chi connectivity index (χ0v) is 14.4. The average molecular weight is 340 g/mol. The summed E-state index contributed by atoms with van der Waals surface area (Å²) in [6.45, 7) is 3.39. The fourth-order valence-corrected chi connectivity index (χ4v) is 2.54. The van der Waals surface area contributed by atoms with E-state index in [2.05, 4.69) is 5.32 Å². The second-order valence-electron chi connectivity index (χ2n) is 6.00. The Bertz CT molecular complexity index is 701. The predicted molar refractivity (Wildman–Crippen MR) is 97.1 cm³/mol. The predicted octanol–water partition coefficient (Wildman–Crippen LogP) is 3.57. The lowest BCUT2D eigenvalue weighted by atomic mass is 10.1. The molecule has 132 valence electrons. The highest BCUT2D eigenvalue weighted by Crippen LogP contribution is 2.13. The molecule has 25 heavy (non-hydrogen) atoms. The second kappa shape index (κ2) is 9.47. The van der Waals surface area contributed by atoms with E-state index in [0.717, 1.165) is 16.7 Å². The van der Waals surface area contributed by atoms with Crippen LogP contribution in [0.15, 0.2) is 54.6 Å². The Hall–Kier alpha value is -2.82. The molecule has 0 fully saturated rings. The quantitative estimate of drug-likeness (QED) is 0.722. The van der Waals surface area contributed by atoms with Gasteiger partial charge in [-0.15, -0.1) is 0 Å². The van der Waals surface area contributed by atoms with Gasteiger partial charge >= 0.3 is 12.0 Å². The summed E-state index contributed by atoms with van der Waals surface area (Å²) in [7, 11) is 0. The lowest BCUT2D eigenvalue weighted by molar-refractivity contribution is -0.137. The number of carboxylic acid groups (broad SMARTS) is 1. The third-order valence-electron chi connectivity index (χ3n) is 3.97. The third kappa shape index (κ3) is 6.30. The molecule has 0 aliphatic rings. The smallest absolute Gasteiger partial charge is 0.318 e. The summed E-state index contributed by atoms with van der Waals surface area (Å²) >= 11 is 0. The van der Waals surface area contributed by atoms with Crippen LogP contribution in [0, 0.1) is 6.92 Å².